The van der Waals surface area contributed by atoms with Gasteiger partial charge in [-0.2, -0.15) is 9.37 Å². The van der Waals surface area contributed by atoms with Crippen LogP contribution in [0.3, 0.4) is 0 Å². The van der Waals surface area contributed by atoms with Gasteiger partial charge in [0, 0.05) is 19.4 Å². The first-order valence-electron chi connectivity index (χ1n) is 13.9. The van der Waals surface area contributed by atoms with E-state index in [1.165, 1.54) is 6.92 Å². The minimum absolute atomic E-state index is 0.0604. The molecule has 14 heteroatoms. The number of amides is 2. The van der Waals surface area contributed by atoms with Gasteiger partial charge in [-0.3, -0.25) is 19.6 Å². The lowest BCUT2D eigenvalue weighted by Crippen LogP contribution is -2.40. The maximum atomic E-state index is 13.2. The maximum absolute atomic E-state index is 13.2. The highest BCUT2D eigenvalue weighted by atomic mass is 19.1. The number of ketones is 1. The van der Waals surface area contributed by atoms with Gasteiger partial charge in [0.15, 0.2) is 11.6 Å². The van der Waals surface area contributed by atoms with E-state index in [9.17, 15) is 37.5 Å². The molecule has 232 valence electrons. The van der Waals surface area contributed by atoms with Gasteiger partial charge < -0.3 is 15.4 Å². The van der Waals surface area contributed by atoms with E-state index < -0.39 is 34.6 Å². The van der Waals surface area contributed by atoms with Crippen molar-refractivity contribution in [2.75, 3.05) is 11.9 Å². The molecule has 0 unspecified atom stereocenters. The summed E-state index contributed by atoms with van der Waals surface area (Å²) in [5.41, 5.74) is -2.86. The number of unbranched alkanes of at least 4 members (excludes halogenated alkanes) is 5. The molecule has 2 amide bonds. The zero-order valence-corrected chi connectivity index (χ0v) is 24.8. The van der Waals surface area contributed by atoms with Gasteiger partial charge in [-0.15, -0.1) is 0 Å². The van der Waals surface area contributed by atoms with Gasteiger partial charge in [-0.25, -0.2) is 23.3 Å². The summed E-state index contributed by atoms with van der Waals surface area (Å²) in [5.74, 6) is -2.41. The van der Waals surface area contributed by atoms with Crippen LogP contribution in [0.1, 0.15) is 99.3 Å². The van der Waals surface area contributed by atoms with E-state index in [2.05, 4.69) is 27.5 Å². The normalized spacial score (nSPS) is 9.56. The average molecular weight is 587 g/mol. The second kappa shape index (κ2) is 23.9. The molecule has 0 saturated carbocycles. The van der Waals surface area contributed by atoms with E-state index in [4.69, 9.17) is 0 Å². The average Bonchev–Trinajstić information content (AvgIpc) is 2.94. The van der Waals surface area contributed by atoms with Gasteiger partial charge in [-0.05, 0) is 26.2 Å². The van der Waals surface area contributed by atoms with Gasteiger partial charge in [-0.1, -0.05) is 60.3 Å². The highest BCUT2D eigenvalue weighted by Crippen LogP contribution is 2.09. The van der Waals surface area contributed by atoms with E-state index >= 15 is 0 Å². The van der Waals surface area contributed by atoms with Gasteiger partial charge in [0.05, 0.1) is 12.4 Å². The Morgan fingerprint density at radius 3 is 2.10 bits per heavy atom. The van der Waals surface area contributed by atoms with Crippen LogP contribution in [0.2, 0.25) is 0 Å². The first-order chi connectivity index (χ1) is 19.5. The summed E-state index contributed by atoms with van der Waals surface area (Å²) in [4.78, 5) is 73.6. The van der Waals surface area contributed by atoms with Crippen molar-refractivity contribution >= 4 is 23.5 Å². The van der Waals surface area contributed by atoms with Gasteiger partial charge >= 0.3 is 17.4 Å². The Kier molecular flexibility index (Phi) is 22.8. The third-order valence-electron chi connectivity index (χ3n) is 4.89. The number of hydrogen-bond acceptors (Lipinski definition) is 7. The van der Waals surface area contributed by atoms with Crippen LogP contribution in [0.25, 0.3) is 0 Å². The first kappa shape index (κ1) is 39.2. The third kappa shape index (κ3) is 18.1. The summed E-state index contributed by atoms with van der Waals surface area (Å²) in [6.45, 7) is 11.8. The number of hydrogen-bond donors (Lipinski definition) is 4. The fraction of sp³-hybridized carbons (Fsp3) is 0.593. The molecule has 12 nitrogen and oxygen atoms in total. The molecule has 0 aliphatic carbocycles. The molecular weight excluding hydrogens is 542 g/mol. The number of anilines is 1. The van der Waals surface area contributed by atoms with Crippen LogP contribution in [0.15, 0.2) is 26.8 Å². The summed E-state index contributed by atoms with van der Waals surface area (Å²) in [5, 5.41) is 4.72. The second-order valence-electron chi connectivity index (χ2n) is 8.12. The third-order valence-corrected chi connectivity index (χ3v) is 4.89. The summed E-state index contributed by atoms with van der Waals surface area (Å²) < 4.78 is 26.5. The maximum Gasteiger partial charge on any atom is 0.346 e. The molecule has 0 bridgehead atoms. The molecule has 0 radical (unpaired) electrons. The van der Waals surface area contributed by atoms with Crippen molar-refractivity contribution in [1.82, 2.24) is 24.8 Å². The summed E-state index contributed by atoms with van der Waals surface area (Å²) >= 11 is 0. The fourth-order valence-electron chi connectivity index (χ4n) is 2.94. The van der Waals surface area contributed by atoms with Crippen LogP contribution < -0.4 is 27.6 Å². The molecule has 0 spiro atoms. The Morgan fingerprint density at radius 1 is 0.878 bits per heavy atom. The number of nitrogens with zero attached hydrogens (tertiary/aromatic N) is 2. The number of rotatable bonds is 12. The number of carbonyl (C=O) groups excluding carboxylic acids is 3. The predicted molar refractivity (Wildman–Crippen MR) is 154 cm³/mol. The predicted octanol–water partition coefficient (Wildman–Crippen LogP) is 4.25. The van der Waals surface area contributed by atoms with Crippen molar-refractivity contribution in [3.05, 3.63) is 55.4 Å². The smallest absolute Gasteiger partial charge is 0.337 e. The van der Waals surface area contributed by atoms with Gasteiger partial charge in [0.1, 0.15) is 5.78 Å². The number of nitrogens with one attached hydrogen (secondary N) is 4. The van der Waals surface area contributed by atoms with Crippen molar-refractivity contribution in [2.45, 2.75) is 99.3 Å². The Bertz CT molecular complexity index is 1230. The van der Waals surface area contributed by atoms with Crippen LogP contribution in [0.5, 0.6) is 0 Å². The molecule has 4 N–H and O–H groups in total. The Labute approximate surface area is 238 Å². The SMILES string of the molecule is CC.CC.CC(=O)CCCCNC(=O)n1cc(F)c(=O)[nH]c1=O.CCCCCCCC(=O)Nc1[nH]c(=O)ncc1F. The number of H-pyrrole nitrogens is 2. The van der Waals surface area contributed by atoms with Crippen LogP contribution in [-0.4, -0.2) is 43.8 Å². The Balaban J connectivity index is 0. The Hall–Kier alpha value is -3.97. The van der Waals surface area contributed by atoms with E-state index in [-0.39, 0.29) is 24.1 Å². The molecule has 2 aromatic rings. The van der Waals surface area contributed by atoms with Crippen LogP contribution >= 0.6 is 0 Å². The van der Waals surface area contributed by atoms with E-state index in [0.29, 0.717) is 36.4 Å². The molecule has 0 aliphatic heterocycles. The Morgan fingerprint density at radius 2 is 1.49 bits per heavy atom. The monoisotopic (exact) mass is 586 g/mol. The lowest BCUT2D eigenvalue weighted by atomic mass is 10.1. The second-order valence-corrected chi connectivity index (χ2v) is 8.12. The van der Waals surface area contributed by atoms with Crippen molar-refractivity contribution < 1.29 is 23.2 Å². The quantitative estimate of drug-likeness (QED) is 0.269. The number of aromatic amines is 2. The molecule has 2 aromatic heterocycles. The van der Waals surface area contributed by atoms with Gasteiger partial charge in [0.2, 0.25) is 11.7 Å². The number of carbonyl (C=O) groups is 3. The van der Waals surface area contributed by atoms with Crippen LogP contribution in [-0.2, 0) is 9.59 Å². The summed E-state index contributed by atoms with van der Waals surface area (Å²) in [6.07, 6.45) is 8.40. The van der Waals surface area contributed by atoms with E-state index in [1.807, 2.05) is 27.7 Å². The highest BCUT2D eigenvalue weighted by molar-refractivity contribution is 5.89. The zero-order valence-electron chi connectivity index (χ0n) is 24.8. The molecule has 41 heavy (non-hydrogen) atoms. The molecule has 0 saturated heterocycles. The van der Waals surface area contributed by atoms with E-state index in [0.717, 1.165) is 38.3 Å². The molecule has 0 aliphatic rings. The zero-order chi connectivity index (χ0) is 31.8. The number of aromatic nitrogens is 4. The standard InChI is InChI=1S/C12H18FN3O2.C11H14FN3O4.2C2H6/c1-2-3-4-5-6-7-10(17)15-11-9(13)8-14-12(18)16-11;1-7(16)4-2-3-5-13-10(18)15-6-8(12)9(17)14-11(15)19;2*1-2/h8H,2-7H2,1H3,(H2,14,15,16,17,18);6H,2-5H2,1H3,(H,13,18)(H,14,17,19);2*1-2H3. The van der Waals surface area contributed by atoms with Crippen LogP contribution in [0.4, 0.5) is 19.4 Å². The molecule has 0 aromatic carbocycles. The van der Waals surface area contributed by atoms with Crippen molar-refractivity contribution in [3.63, 3.8) is 0 Å². The molecule has 2 heterocycles. The molecular formula is C27H44F2N6O6. The molecule has 0 fully saturated rings. The molecule has 0 atom stereocenters. The topological polar surface area (TPSA) is 176 Å². The number of Topliss-reactive ketones (excluding diaryl/α,β-unsaturated/α-hetero) is 1. The lowest BCUT2D eigenvalue weighted by molar-refractivity contribution is -0.117. The first-order valence-corrected chi connectivity index (χ1v) is 13.9. The van der Waals surface area contributed by atoms with Crippen molar-refractivity contribution in [1.29, 1.82) is 0 Å². The summed E-state index contributed by atoms with van der Waals surface area (Å²) in [7, 11) is 0. The minimum atomic E-state index is -1.22. The van der Waals surface area contributed by atoms with Gasteiger partial charge in [0.25, 0.3) is 5.56 Å². The van der Waals surface area contributed by atoms with E-state index in [1.54, 1.807) is 4.98 Å². The number of halogens is 2. The largest absolute Gasteiger partial charge is 0.346 e. The highest BCUT2D eigenvalue weighted by Gasteiger charge is 2.10. The summed E-state index contributed by atoms with van der Waals surface area (Å²) in [6, 6.07) is -0.831. The molecule has 2 rings (SSSR count). The minimum Gasteiger partial charge on any atom is -0.337 e. The fourth-order valence-corrected chi connectivity index (χ4v) is 2.94. The van der Waals surface area contributed by atoms with Crippen molar-refractivity contribution in [3.8, 4) is 0 Å². The lowest BCUT2D eigenvalue weighted by Gasteiger charge is -2.06. The van der Waals surface area contributed by atoms with Crippen molar-refractivity contribution in [2.24, 2.45) is 0 Å². The van der Waals surface area contributed by atoms with Crippen LogP contribution in [0, 0.1) is 11.6 Å².